The maximum Gasteiger partial charge on any atom is 0.291 e. The Labute approximate surface area is 216 Å². The molecule has 0 unspecified atom stereocenters. The molecule has 0 saturated heterocycles. The molecule has 0 amide bonds. The Morgan fingerprint density at radius 2 is 1.92 bits per heavy atom. The lowest BCUT2D eigenvalue weighted by molar-refractivity contribution is 0.288. The van der Waals surface area contributed by atoms with Crippen LogP contribution in [0.5, 0.6) is 11.5 Å². The molecule has 0 radical (unpaired) electrons. The normalized spacial score (nSPS) is 12.1. The first-order valence-electron chi connectivity index (χ1n) is 11.8. The van der Waals surface area contributed by atoms with Gasteiger partial charge in [0.1, 0.15) is 21.9 Å². The molecule has 0 fully saturated rings. The summed E-state index contributed by atoms with van der Waals surface area (Å²) in [5, 5.41) is 4.34. The summed E-state index contributed by atoms with van der Waals surface area (Å²) in [5.74, 6) is 2.56. The van der Waals surface area contributed by atoms with E-state index >= 15 is 0 Å². The highest BCUT2D eigenvalue weighted by atomic mass is 32.1. The molecular weight excluding hydrogens is 493 g/mol. The van der Waals surface area contributed by atoms with Crippen molar-refractivity contribution in [3.8, 4) is 22.8 Å². The maximum absolute atomic E-state index is 13.2. The van der Waals surface area contributed by atoms with Crippen LogP contribution in [0, 0.1) is 5.82 Å². The van der Waals surface area contributed by atoms with E-state index in [-0.39, 0.29) is 11.4 Å². The third-order valence-corrected chi connectivity index (χ3v) is 6.55. The number of hydrogen-bond donors (Lipinski definition) is 0. The molecule has 0 saturated carbocycles. The van der Waals surface area contributed by atoms with Gasteiger partial charge in [-0.1, -0.05) is 36.8 Å². The average Bonchev–Trinajstić information content (AvgIpc) is 3.61. The van der Waals surface area contributed by atoms with Gasteiger partial charge in [0.2, 0.25) is 4.96 Å². The zero-order valence-corrected chi connectivity index (χ0v) is 21.1. The molecular formula is C28H24FN3O4S. The van der Waals surface area contributed by atoms with Crippen LogP contribution < -0.4 is 19.6 Å². The molecule has 188 valence electrons. The largest absolute Gasteiger partial charge is 0.493 e. The molecule has 0 N–H and O–H groups in total. The van der Waals surface area contributed by atoms with Gasteiger partial charge in [-0.25, -0.2) is 4.39 Å². The predicted molar refractivity (Wildman–Crippen MR) is 142 cm³/mol. The number of aromatic nitrogens is 3. The van der Waals surface area contributed by atoms with Crippen molar-refractivity contribution in [2.75, 3.05) is 13.7 Å². The maximum atomic E-state index is 13.2. The molecule has 5 aromatic rings. The van der Waals surface area contributed by atoms with E-state index in [1.165, 1.54) is 28.0 Å². The van der Waals surface area contributed by atoms with Gasteiger partial charge in [0.05, 0.1) is 13.7 Å². The fourth-order valence-corrected chi connectivity index (χ4v) is 4.55. The first kappa shape index (κ1) is 24.5. The predicted octanol–water partition coefficient (Wildman–Crippen LogP) is 5.46. The molecule has 7 nitrogen and oxygen atoms in total. The average molecular weight is 518 g/mol. The minimum absolute atomic E-state index is 0.276. The van der Waals surface area contributed by atoms with Crippen molar-refractivity contribution in [2.45, 2.75) is 19.8 Å². The lowest BCUT2D eigenvalue weighted by Crippen LogP contribution is -2.23. The molecule has 0 aliphatic carbocycles. The van der Waals surface area contributed by atoms with Crippen molar-refractivity contribution in [2.24, 2.45) is 0 Å². The topological polar surface area (TPSA) is 78.9 Å². The summed E-state index contributed by atoms with van der Waals surface area (Å²) in [6, 6.07) is 15.2. The van der Waals surface area contributed by atoms with Crippen LogP contribution in [0.2, 0.25) is 0 Å². The highest BCUT2D eigenvalue weighted by Crippen LogP contribution is 2.29. The highest BCUT2D eigenvalue weighted by molar-refractivity contribution is 7.15. The first-order chi connectivity index (χ1) is 18.0. The third kappa shape index (κ3) is 5.46. The number of thiazole rings is 1. The molecule has 2 aromatic carbocycles. The molecule has 37 heavy (non-hydrogen) atoms. The van der Waals surface area contributed by atoms with Gasteiger partial charge in [-0.05, 0) is 66.6 Å². The number of hydrogen-bond acceptors (Lipinski definition) is 7. The molecule has 0 bridgehead atoms. The number of fused-ring (bicyclic) bond motifs is 1. The van der Waals surface area contributed by atoms with Crippen molar-refractivity contribution in [3.05, 3.63) is 92.4 Å². The molecule has 5 rings (SSSR count). The van der Waals surface area contributed by atoms with Gasteiger partial charge in [0.25, 0.3) is 5.56 Å². The smallest absolute Gasteiger partial charge is 0.291 e. The van der Waals surface area contributed by atoms with Gasteiger partial charge in [0, 0.05) is 11.6 Å². The number of furan rings is 1. The van der Waals surface area contributed by atoms with E-state index in [2.05, 4.69) is 17.0 Å². The first-order valence-corrected chi connectivity index (χ1v) is 12.6. The third-order valence-electron chi connectivity index (χ3n) is 5.60. The number of unbranched alkanes of at least 4 members (excludes halogenated alkanes) is 1. The van der Waals surface area contributed by atoms with Crippen LogP contribution in [0.15, 0.2) is 63.8 Å². The lowest BCUT2D eigenvalue weighted by atomic mass is 10.2. The summed E-state index contributed by atoms with van der Waals surface area (Å²) in [4.78, 5) is 17.8. The van der Waals surface area contributed by atoms with E-state index < -0.39 is 0 Å². The van der Waals surface area contributed by atoms with Crippen LogP contribution in [0.3, 0.4) is 0 Å². The molecule has 3 aromatic heterocycles. The van der Waals surface area contributed by atoms with Gasteiger partial charge in [-0.15, -0.1) is 5.10 Å². The van der Waals surface area contributed by atoms with E-state index in [1.54, 1.807) is 43.5 Å². The van der Waals surface area contributed by atoms with Crippen LogP contribution in [-0.4, -0.2) is 28.3 Å². The molecule has 9 heteroatoms. The van der Waals surface area contributed by atoms with Crippen molar-refractivity contribution in [1.82, 2.24) is 14.6 Å². The van der Waals surface area contributed by atoms with Gasteiger partial charge in [-0.3, -0.25) is 4.79 Å². The fourth-order valence-electron chi connectivity index (χ4n) is 3.65. The molecule has 0 spiro atoms. The SMILES string of the molecule is CCCCOc1ccc(/C=C/c2nc3s/c(=C\c4ccc(-c5ccc(F)cc5)o4)c(=O)n3n2)cc1OC. The fraction of sp³-hybridized carbons (Fsp3) is 0.179. The highest BCUT2D eigenvalue weighted by Gasteiger charge is 2.11. The second-order valence-electron chi connectivity index (χ2n) is 8.23. The summed E-state index contributed by atoms with van der Waals surface area (Å²) in [6.07, 6.45) is 7.30. The minimum Gasteiger partial charge on any atom is -0.493 e. The van der Waals surface area contributed by atoms with Crippen LogP contribution >= 0.6 is 11.3 Å². The van der Waals surface area contributed by atoms with Gasteiger partial charge >= 0.3 is 0 Å². The Hall–Kier alpha value is -4.24. The lowest BCUT2D eigenvalue weighted by Gasteiger charge is -2.10. The van der Waals surface area contributed by atoms with Gasteiger partial charge < -0.3 is 13.9 Å². The Morgan fingerprint density at radius 1 is 1.08 bits per heavy atom. The second kappa shape index (κ2) is 10.8. The minimum atomic E-state index is -0.313. The van der Waals surface area contributed by atoms with Crippen LogP contribution in [-0.2, 0) is 0 Å². The summed E-state index contributed by atoms with van der Waals surface area (Å²) >= 11 is 1.23. The summed E-state index contributed by atoms with van der Waals surface area (Å²) in [6.45, 7) is 2.76. The number of benzene rings is 2. The van der Waals surface area contributed by atoms with E-state index in [0.29, 0.717) is 44.9 Å². The van der Waals surface area contributed by atoms with Crippen LogP contribution in [0.25, 0.3) is 34.5 Å². The number of halogens is 1. The molecule has 0 atom stereocenters. The van der Waals surface area contributed by atoms with Crippen molar-refractivity contribution < 1.29 is 18.3 Å². The Balaban J connectivity index is 1.34. The number of methoxy groups -OCH3 is 1. The van der Waals surface area contributed by atoms with Crippen LogP contribution in [0.4, 0.5) is 4.39 Å². The molecule has 0 aliphatic heterocycles. The van der Waals surface area contributed by atoms with E-state index in [0.717, 1.165) is 24.0 Å². The number of nitrogens with zero attached hydrogens (tertiary/aromatic N) is 3. The monoisotopic (exact) mass is 517 g/mol. The summed E-state index contributed by atoms with van der Waals surface area (Å²) in [7, 11) is 1.61. The number of ether oxygens (including phenoxy) is 2. The van der Waals surface area contributed by atoms with E-state index in [4.69, 9.17) is 13.9 Å². The van der Waals surface area contributed by atoms with Crippen LogP contribution in [0.1, 0.15) is 36.9 Å². The van der Waals surface area contributed by atoms with Gasteiger partial charge in [0.15, 0.2) is 17.3 Å². The zero-order chi connectivity index (χ0) is 25.8. The van der Waals surface area contributed by atoms with Gasteiger partial charge in [-0.2, -0.15) is 9.50 Å². The zero-order valence-electron chi connectivity index (χ0n) is 20.3. The van der Waals surface area contributed by atoms with E-state index in [1.807, 2.05) is 24.3 Å². The Bertz CT molecular complexity index is 1670. The van der Waals surface area contributed by atoms with Crippen molar-refractivity contribution in [3.63, 3.8) is 0 Å². The summed E-state index contributed by atoms with van der Waals surface area (Å²) < 4.78 is 32.0. The van der Waals surface area contributed by atoms with Crippen molar-refractivity contribution >= 4 is 34.5 Å². The Kier molecular flexibility index (Phi) is 7.14. The number of rotatable bonds is 9. The van der Waals surface area contributed by atoms with E-state index in [9.17, 15) is 9.18 Å². The Morgan fingerprint density at radius 3 is 2.68 bits per heavy atom. The molecule has 3 heterocycles. The quantitative estimate of drug-likeness (QED) is 0.242. The summed E-state index contributed by atoms with van der Waals surface area (Å²) in [5.41, 5.74) is 1.37. The molecule has 0 aliphatic rings. The van der Waals surface area contributed by atoms with Crippen molar-refractivity contribution in [1.29, 1.82) is 0 Å². The standard InChI is InChI=1S/C28H24FN3O4S/c1-3-4-15-35-23-12-5-18(16-24(23)34-2)6-14-26-30-28-32(31-26)27(33)25(37-28)17-21-11-13-22(36-21)19-7-9-20(29)10-8-19/h5-14,16-17H,3-4,15H2,1-2H3/b14-6+,25-17-. The second-order valence-corrected chi connectivity index (χ2v) is 9.24.